The van der Waals surface area contributed by atoms with Crippen LogP contribution in [0.1, 0.15) is 39.8 Å². The van der Waals surface area contributed by atoms with Crippen molar-refractivity contribution in [1.82, 2.24) is 19.9 Å². The Morgan fingerprint density at radius 1 is 1.09 bits per heavy atom. The first-order chi connectivity index (χ1) is 15.6. The number of hydrogen-bond acceptors (Lipinski definition) is 5. The minimum absolute atomic E-state index is 0.162. The third-order valence-corrected chi connectivity index (χ3v) is 5.80. The maximum absolute atomic E-state index is 13.1. The summed E-state index contributed by atoms with van der Waals surface area (Å²) in [5.74, 6) is 2.12. The number of nitrogens with one attached hydrogen (secondary N) is 1. The molecule has 2 heterocycles. The molecule has 1 N–H and O–H groups in total. The lowest BCUT2D eigenvalue weighted by molar-refractivity contribution is 0.0933. The SMILES string of the molecule is CSCCC(NC(=O)c1cccc(OCc2cccc(C)c2)c1)c1nnc2ccccn12. The Balaban J connectivity index is 1.49. The fraction of sp³-hybridized carbons (Fsp3) is 0.240. The number of fused-ring (bicyclic) bond motifs is 1. The highest BCUT2D eigenvalue weighted by Crippen LogP contribution is 2.21. The van der Waals surface area contributed by atoms with Crippen molar-refractivity contribution < 1.29 is 9.53 Å². The van der Waals surface area contributed by atoms with E-state index in [1.165, 1.54) is 5.56 Å². The van der Waals surface area contributed by atoms with Crippen molar-refractivity contribution in [2.24, 2.45) is 0 Å². The van der Waals surface area contributed by atoms with E-state index in [4.69, 9.17) is 4.74 Å². The van der Waals surface area contributed by atoms with Crippen molar-refractivity contribution in [3.63, 3.8) is 0 Å². The first kappa shape index (κ1) is 21.9. The van der Waals surface area contributed by atoms with Crippen LogP contribution in [0.15, 0.2) is 72.9 Å². The monoisotopic (exact) mass is 446 g/mol. The Morgan fingerprint density at radius 3 is 2.81 bits per heavy atom. The highest BCUT2D eigenvalue weighted by molar-refractivity contribution is 7.98. The van der Waals surface area contributed by atoms with Crippen LogP contribution in [0.4, 0.5) is 0 Å². The molecular weight excluding hydrogens is 420 g/mol. The maximum Gasteiger partial charge on any atom is 0.252 e. The lowest BCUT2D eigenvalue weighted by atomic mass is 10.1. The van der Waals surface area contributed by atoms with E-state index >= 15 is 0 Å². The Hall–Kier alpha value is -3.32. The zero-order chi connectivity index (χ0) is 22.3. The van der Waals surface area contributed by atoms with E-state index in [0.29, 0.717) is 17.9 Å². The van der Waals surface area contributed by atoms with Gasteiger partial charge < -0.3 is 10.1 Å². The van der Waals surface area contributed by atoms with Gasteiger partial charge in [-0.3, -0.25) is 9.20 Å². The molecule has 164 valence electrons. The molecule has 4 rings (SSSR count). The smallest absolute Gasteiger partial charge is 0.252 e. The number of carbonyl (C=O) groups is 1. The number of amides is 1. The van der Waals surface area contributed by atoms with Gasteiger partial charge in [-0.2, -0.15) is 11.8 Å². The summed E-state index contributed by atoms with van der Waals surface area (Å²) in [4.78, 5) is 13.1. The van der Waals surface area contributed by atoms with E-state index in [0.717, 1.165) is 29.2 Å². The molecule has 7 heteroatoms. The summed E-state index contributed by atoms with van der Waals surface area (Å²) in [6, 6.07) is 21.0. The fourth-order valence-corrected chi connectivity index (χ4v) is 4.01. The van der Waals surface area contributed by atoms with Gasteiger partial charge in [0.05, 0.1) is 6.04 Å². The third kappa shape index (κ3) is 5.29. The zero-order valence-electron chi connectivity index (χ0n) is 18.2. The van der Waals surface area contributed by atoms with Crippen molar-refractivity contribution in [3.05, 3.63) is 95.4 Å². The van der Waals surface area contributed by atoms with Crippen LogP contribution in [0.3, 0.4) is 0 Å². The van der Waals surface area contributed by atoms with Crippen molar-refractivity contribution >= 4 is 23.3 Å². The minimum Gasteiger partial charge on any atom is -0.489 e. The van der Waals surface area contributed by atoms with Crippen LogP contribution in [0.25, 0.3) is 5.65 Å². The number of aromatic nitrogens is 3. The molecule has 1 atom stereocenters. The Labute approximate surface area is 192 Å². The van der Waals surface area contributed by atoms with E-state index in [1.54, 1.807) is 23.9 Å². The third-order valence-electron chi connectivity index (χ3n) is 5.15. The number of ether oxygens (including phenoxy) is 1. The summed E-state index contributed by atoms with van der Waals surface area (Å²) < 4.78 is 7.85. The number of thioether (sulfide) groups is 1. The van der Waals surface area contributed by atoms with Crippen LogP contribution in [-0.2, 0) is 6.61 Å². The van der Waals surface area contributed by atoms with Gasteiger partial charge in [-0.1, -0.05) is 42.0 Å². The summed E-state index contributed by atoms with van der Waals surface area (Å²) in [6.45, 7) is 2.51. The highest BCUT2D eigenvalue weighted by Gasteiger charge is 2.21. The van der Waals surface area contributed by atoms with E-state index < -0.39 is 0 Å². The molecule has 2 aromatic heterocycles. The predicted octanol–water partition coefficient (Wildman–Crippen LogP) is 4.84. The Kier molecular flexibility index (Phi) is 7.07. The quantitative estimate of drug-likeness (QED) is 0.398. The van der Waals surface area contributed by atoms with Crippen LogP contribution in [0.5, 0.6) is 5.75 Å². The molecule has 1 amide bonds. The topological polar surface area (TPSA) is 68.5 Å². The zero-order valence-corrected chi connectivity index (χ0v) is 19.0. The number of benzene rings is 2. The van der Waals surface area contributed by atoms with Gasteiger partial charge >= 0.3 is 0 Å². The normalized spacial score (nSPS) is 11.9. The second kappa shape index (κ2) is 10.3. The van der Waals surface area contributed by atoms with E-state index in [-0.39, 0.29) is 11.9 Å². The molecule has 32 heavy (non-hydrogen) atoms. The average molecular weight is 447 g/mol. The molecule has 0 aliphatic carbocycles. The van der Waals surface area contributed by atoms with Crippen molar-refractivity contribution in [1.29, 1.82) is 0 Å². The van der Waals surface area contributed by atoms with Gasteiger partial charge in [0.1, 0.15) is 12.4 Å². The first-order valence-corrected chi connectivity index (χ1v) is 11.9. The Bertz CT molecular complexity index is 1210. The van der Waals surface area contributed by atoms with Crippen LogP contribution in [0.2, 0.25) is 0 Å². The van der Waals surface area contributed by atoms with Crippen LogP contribution < -0.4 is 10.1 Å². The number of aryl methyl sites for hydroxylation is 1. The highest BCUT2D eigenvalue weighted by atomic mass is 32.2. The molecule has 0 aliphatic rings. The van der Waals surface area contributed by atoms with E-state index in [9.17, 15) is 4.79 Å². The lowest BCUT2D eigenvalue weighted by Gasteiger charge is -2.17. The number of pyridine rings is 1. The van der Waals surface area contributed by atoms with Gasteiger partial charge in [0.15, 0.2) is 11.5 Å². The second-order valence-electron chi connectivity index (χ2n) is 7.60. The molecule has 1 unspecified atom stereocenters. The van der Waals surface area contributed by atoms with Crippen LogP contribution in [0, 0.1) is 6.92 Å². The molecule has 0 radical (unpaired) electrons. The molecule has 0 saturated carbocycles. The van der Waals surface area contributed by atoms with Gasteiger partial charge in [-0.15, -0.1) is 10.2 Å². The molecule has 0 spiro atoms. The van der Waals surface area contributed by atoms with Gasteiger partial charge in [0.25, 0.3) is 5.91 Å². The first-order valence-electron chi connectivity index (χ1n) is 10.5. The lowest BCUT2D eigenvalue weighted by Crippen LogP contribution is -2.30. The van der Waals surface area contributed by atoms with Crippen molar-refractivity contribution in [3.8, 4) is 5.75 Å². The Morgan fingerprint density at radius 2 is 1.97 bits per heavy atom. The summed E-state index contributed by atoms with van der Waals surface area (Å²) in [7, 11) is 0. The van der Waals surface area contributed by atoms with Crippen LogP contribution in [-0.4, -0.2) is 32.5 Å². The number of hydrogen-bond donors (Lipinski definition) is 1. The number of carbonyl (C=O) groups excluding carboxylic acids is 1. The summed E-state index contributed by atoms with van der Waals surface area (Å²) in [5.41, 5.74) is 3.60. The van der Waals surface area contributed by atoms with Crippen LogP contribution >= 0.6 is 11.8 Å². The number of rotatable bonds is 9. The summed E-state index contributed by atoms with van der Waals surface area (Å²) >= 11 is 1.73. The van der Waals surface area contributed by atoms with E-state index in [2.05, 4.69) is 40.8 Å². The maximum atomic E-state index is 13.1. The molecule has 0 aliphatic heterocycles. The molecule has 0 saturated heterocycles. The van der Waals surface area contributed by atoms with Crippen molar-refractivity contribution in [2.45, 2.75) is 26.0 Å². The molecule has 4 aromatic rings. The average Bonchev–Trinajstić information content (AvgIpc) is 3.25. The molecule has 0 bridgehead atoms. The van der Waals surface area contributed by atoms with Gasteiger partial charge in [0, 0.05) is 11.8 Å². The van der Waals surface area contributed by atoms with E-state index in [1.807, 2.05) is 53.1 Å². The molecule has 2 aromatic carbocycles. The summed E-state index contributed by atoms with van der Waals surface area (Å²) in [5, 5.41) is 11.7. The van der Waals surface area contributed by atoms with Gasteiger partial charge in [-0.25, -0.2) is 0 Å². The predicted molar refractivity (Wildman–Crippen MR) is 128 cm³/mol. The minimum atomic E-state index is -0.246. The second-order valence-corrected chi connectivity index (χ2v) is 8.59. The fourth-order valence-electron chi connectivity index (χ4n) is 3.54. The van der Waals surface area contributed by atoms with Gasteiger partial charge in [0.2, 0.25) is 0 Å². The molecular formula is C25H26N4O2S. The number of nitrogens with zero attached hydrogens (tertiary/aromatic N) is 3. The molecule has 0 fully saturated rings. The molecule has 6 nitrogen and oxygen atoms in total. The standard InChI is InChI=1S/C25H26N4O2S/c1-18-7-5-8-19(15-18)17-31-21-10-6-9-20(16-21)25(30)26-22(12-14-32-2)24-28-27-23-11-3-4-13-29(23)24/h3-11,13,15-16,22H,12,14,17H2,1-2H3,(H,26,30). The summed E-state index contributed by atoms with van der Waals surface area (Å²) in [6.07, 6.45) is 4.73. The van der Waals surface area contributed by atoms with Crippen molar-refractivity contribution in [2.75, 3.05) is 12.0 Å². The largest absolute Gasteiger partial charge is 0.489 e. The van der Waals surface area contributed by atoms with Gasteiger partial charge in [-0.05, 0) is 61.2 Å².